The predicted molar refractivity (Wildman–Crippen MR) is 132 cm³/mol. The van der Waals surface area contributed by atoms with Gasteiger partial charge in [-0.05, 0) is 54.6 Å². The second kappa shape index (κ2) is 9.03. The first-order chi connectivity index (χ1) is 16.3. The quantitative estimate of drug-likeness (QED) is 0.402. The monoisotopic (exact) mass is 514 g/mol. The lowest BCUT2D eigenvalue weighted by atomic mass is 10.1. The Bertz CT molecular complexity index is 1480. The largest absolute Gasteiger partial charge is 0.336 e. The van der Waals surface area contributed by atoms with Gasteiger partial charge in [-0.15, -0.1) is 0 Å². The lowest BCUT2D eigenvalue weighted by molar-refractivity contribution is 0.0698. The molecule has 7 nitrogen and oxygen atoms in total. The van der Waals surface area contributed by atoms with Crippen molar-refractivity contribution < 1.29 is 13.2 Å². The van der Waals surface area contributed by atoms with Crippen molar-refractivity contribution in [2.24, 2.45) is 0 Å². The summed E-state index contributed by atoms with van der Waals surface area (Å²) in [4.78, 5) is 19.2. The minimum absolute atomic E-state index is 0.0873. The molecule has 0 aliphatic carbocycles. The third-order valence-corrected chi connectivity index (χ3v) is 8.53. The van der Waals surface area contributed by atoms with Crippen molar-refractivity contribution in [2.75, 3.05) is 26.2 Å². The Hall–Kier alpha value is -2.91. The molecular formula is C24H20Cl2N4O3S. The van der Waals surface area contributed by atoms with E-state index >= 15 is 0 Å². The molecule has 0 atom stereocenters. The van der Waals surface area contributed by atoms with Crippen LogP contribution in [0.4, 0.5) is 0 Å². The molecule has 0 unspecified atom stereocenters. The first-order valence-corrected chi connectivity index (χ1v) is 12.8. The van der Waals surface area contributed by atoms with Crippen LogP contribution in [-0.4, -0.2) is 59.3 Å². The second-order valence-electron chi connectivity index (χ2n) is 7.92. The number of carbonyl (C=O) groups excluding carboxylic acids is 1. The number of hydrogen-bond donors (Lipinski definition) is 0. The Morgan fingerprint density at radius 2 is 1.56 bits per heavy atom. The predicted octanol–water partition coefficient (Wildman–Crippen LogP) is 4.48. The van der Waals surface area contributed by atoms with E-state index in [4.69, 9.17) is 23.2 Å². The summed E-state index contributed by atoms with van der Waals surface area (Å²) < 4.78 is 29.2. The van der Waals surface area contributed by atoms with Crippen molar-refractivity contribution in [2.45, 2.75) is 4.90 Å². The van der Waals surface area contributed by atoms with Crippen LogP contribution in [0.2, 0.25) is 10.0 Å². The number of rotatable bonds is 4. The van der Waals surface area contributed by atoms with Crippen LogP contribution in [0.25, 0.3) is 16.7 Å². The smallest absolute Gasteiger partial charge is 0.253 e. The molecule has 1 amide bonds. The number of benzene rings is 3. The van der Waals surface area contributed by atoms with E-state index in [0.717, 1.165) is 16.7 Å². The fourth-order valence-electron chi connectivity index (χ4n) is 4.03. The number of amides is 1. The van der Waals surface area contributed by atoms with Crippen LogP contribution in [0.15, 0.2) is 78.0 Å². The third kappa shape index (κ3) is 4.18. The van der Waals surface area contributed by atoms with Crippen LogP contribution in [-0.2, 0) is 10.0 Å². The highest BCUT2D eigenvalue weighted by Gasteiger charge is 2.30. The molecule has 0 spiro atoms. The molecule has 0 saturated carbocycles. The number of piperazine rings is 1. The van der Waals surface area contributed by atoms with Crippen LogP contribution in [0.5, 0.6) is 0 Å². The summed E-state index contributed by atoms with van der Waals surface area (Å²) >= 11 is 11.9. The zero-order chi connectivity index (χ0) is 23.9. The van der Waals surface area contributed by atoms with Gasteiger partial charge in [0.25, 0.3) is 5.91 Å². The summed E-state index contributed by atoms with van der Waals surface area (Å²) in [6, 6.07) is 19.4. The van der Waals surface area contributed by atoms with E-state index in [0.29, 0.717) is 23.7 Å². The van der Waals surface area contributed by atoms with E-state index in [1.54, 1.807) is 23.4 Å². The molecule has 0 bridgehead atoms. The van der Waals surface area contributed by atoms with E-state index in [1.165, 1.54) is 22.5 Å². The van der Waals surface area contributed by atoms with Gasteiger partial charge in [0.2, 0.25) is 10.0 Å². The van der Waals surface area contributed by atoms with Gasteiger partial charge >= 0.3 is 0 Å². The van der Waals surface area contributed by atoms with Crippen LogP contribution in [0.1, 0.15) is 10.4 Å². The Morgan fingerprint density at radius 3 is 2.26 bits per heavy atom. The van der Waals surface area contributed by atoms with Gasteiger partial charge in [0, 0.05) is 37.4 Å². The summed E-state index contributed by atoms with van der Waals surface area (Å²) in [6.07, 6.45) is 1.76. The van der Waals surface area contributed by atoms with Crippen molar-refractivity contribution >= 4 is 50.2 Å². The van der Waals surface area contributed by atoms with Gasteiger partial charge in [0.1, 0.15) is 6.33 Å². The summed E-state index contributed by atoms with van der Waals surface area (Å²) in [7, 11) is -3.72. The maximum atomic E-state index is 13.0. The molecule has 5 rings (SSSR count). The minimum atomic E-state index is -3.72. The molecule has 34 heavy (non-hydrogen) atoms. The topological polar surface area (TPSA) is 75.5 Å². The number of nitrogens with zero attached hydrogens (tertiary/aromatic N) is 4. The lowest BCUT2D eigenvalue weighted by Gasteiger charge is -2.34. The van der Waals surface area contributed by atoms with Crippen molar-refractivity contribution in [1.29, 1.82) is 0 Å². The number of para-hydroxylation sites is 2. The zero-order valence-electron chi connectivity index (χ0n) is 17.9. The van der Waals surface area contributed by atoms with Crippen molar-refractivity contribution in [3.8, 4) is 5.69 Å². The number of aromatic nitrogens is 2. The van der Waals surface area contributed by atoms with Crippen molar-refractivity contribution in [3.63, 3.8) is 0 Å². The van der Waals surface area contributed by atoms with E-state index in [9.17, 15) is 13.2 Å². The first-order valence-electron chi connectivity index (χ1n) is 10.6. The lowest BCUT2D eigenvalue weighted by Crippen LogP contribution is -2.50. The van der Waals surface area contributed by atoms with Gasteiger partial charge in [0.05, 0.1) is 26.0 Å². The summed E-state index contributed by atoms with van der Waals surface area (Å²) in [5.41, 5.74) is 3.34. The molecule has 0 N–H and O–H groups in total. The molecule has 1 aliphatic heterocycles. The molecule has 174 valence electrons. The Morgan fingerprint density at radius 1 is 0.853 bits per heavy atom. The zero-order valence-corrected chi connectivity index (χ0v) is 20.3. The number of halogens is 2. The van der Waals surface area contributed by atoms with Gasteiger partial charge in [-0.3, -0.25) is 9.36 Å². The summed E-state index contributed by atoms with van der Waals surface area (Å²) in [5.74, 6) is -0.131. The molecule has 10 heteroatoms. The molecule has 1 saturated heterocycles. The van der Waals surface area contributed by atoms with Gasteiger partial charge in [-0.1, -0.05) is 35.3 Å². The van der Waals surface area contributed by atoms with Crippen LogP contribution in [0, 0.1) is 0 Å². The third-order valence-electron chi connectivity index (χ3n) is 5.90. The molecule has 1 aliphatic rings. The average Bonchev–Trinajstić information content (AvgIpc) is 3.29. The summed E-state index contributed by atoms with van der Waals surface area (Å²) in [6.45, 7) is 1.00. The Labute approximate surface area is 207 Å². The standard InChI is InChI=1S/C24H20Cl2N4O3S/c25-20-10-9-19(15-21(20)26)34(32,33)29-13-11-28(12-14-29)24(31)17-5-7-18(8-6-17)30-16-27-22-3-1-2-4-23(22)30/h1-10,15-16H,11-14H2. The molecule has 2 heterocycles. The van der Waals surface area contributed by atoms with E-state index < -0.39 is 10.0 Å². The van der Waals surface area contributed by atoms with Crippen LogP contribution >= 0.6 is 23.2 Å². The van der Waals surface area contributed by atoms with E-state index in [-0.39, 0.29) is 28.9 Å². The number of sulfonamides is 1. The molecule has 0 radical (unpaired) electrons. The van der Waals surface area contributed by atoms with Crippen LogP contribution in [0.3, 0.4) is 0 Å². The SMILES string of the molecule is O=C(c1ccc(-n2cnc3ccccc32)cc1)N1CCN(S(=O)(=O)c2ccc(Cl)c(Cl)c2)CC1. The minimum Gasteiger partial charge on any atom is -0.336 e. The van der Waals surface area contributed by atoms with Crippen molar-refractivity contribution in [3.05, 3.63) is 88.7 Å². The first kappa shape index (κ1) is 22.9. The molecule has 4 aromatic rings. The fourth-order valence-corrected chi connectivity index (χ4v) is 5.84. The second-order valence-corrected chi connectivity index (χ2v) is 10.7. The van der Waals surface area contributed by atoms with Gasteiger partial charge in [0.15, 0.2) is 0 Å². The number of fused-ring (bicyclic) bond motifs is 1. The highest BCUT2D eigenvalue weighted by atomic mass is 35.5. The Balaban J connectivity index is 1.27. The van der Waals surface area contributed by atoms with Gasteiger partial charge < -0.3 is 4.90 Å². The number of hydrogen-bond acceptors (Lipinski definition) is 4. The van der Waals surface area contributed by atoms with E-state index in [1.807, 2.05) is 41.0 Å². The number of carbonyl (C=O) groups is 1. The maximum absolute atomic E-state index is 13.0. The van der Waals surface area contributed by atoms with Crippen molar-refractivity contribution in [1.82, 2.24) is 18.8 Å². The average molecular weight is 515 g/mol. The molecule has 3 aromatic carbocycles. The van der Waals surface area contributed by atoms with Crippen LogP contribution < -0.4 is 0 Å². The normalized spacial score (nSPS) is 15.1. The van der Waals surface area contributed by atoms with Gasteiger partial charge in [-0.2, -0.15) is 4.31 Å². The van der Waals surface area contributed by atoms with E-state index in [2.05, 4.69) is 4.98 Å². The summed E-state index contributed by atoms with van der Waals surface area (Å²) in [5, 5.41) is 0.479. The van der Waals surface area contributed by atoms with Gasteiger partial charge in [-0.25, -0.2) is 13.4 Å². The highest BCUT2D eigenvalue weighted by molar-refractivity contribution is 7.89. The molecule has 1 aromatic heterocycles. The highest BCUT2D eigenvalue weighted by Crippen LogP contribution is 2.27. The fraction of sp³-hybridized carbons (Fsp3) is 0.167. The Kier molecular flexibility index (Phi) is 6.07. The molecular weight excluding hydrogens is 495 g/mol. The molecule has 1 fully saturated rings. The maximum Gasteiger partial charge on any atom is 0.253 e. The number of imidazole rings is 1.